The topological polar surface area (TPSA) is 142 Å². The van der Waals surface area contributed by atoms with Gasteiger partial charge in [0.25, 0.3) is 5.69 Å². The zero-order chi connectivity index (χ0) is 22.3. The quantitative estimate of drug-likeness (QED) is 0.358. The fraction of sp³-hybridized carbons (Fsp3) is 0.263. The molecule has 0 aliphatic carbocycles. The molecule has 0 heterocycles. The van der Waals surface area contributed by atoms with Crippen LogP contribution in [-0.2, 0) is 30.9 Å². The third-order valence-corrected chi connectivity index (χ3v) is 5.29. The molecular formula is C19H20N2O8S. The van der Waals surface area contributed by atoms with Gasteiger partial charge in [-0.2, -0.15) is 4.72 Å². The van der Waals surface area contributed by atoms with E-state index in [-0.39, 0.29) is 18.8 Å². The van der Waals surface area contributed by atoms with Gasteiger partial charge in [-0.05, 0) is 43.2 Å². The summed E-state index contributed by atoms with van der Waals surface area (Å²) in [5.41, 5.74) is 0.723. The minimum atomic E-state index is -4.31. The molecule has 0 aliphatic heterocycles. The second kappa shape index (κ2) is 9.94. The first kappa shape index (κ1) is 23.0. The number of sulfonamides is 1. The van der Waals surface area contributed by atoms with Crippen molar-refractivity contribution in [3.05, 3.63) is 69.3 Å². The zero-order valence-corrected chi connectivity index (χ0v) is 17.1. The van der Waals surface area contributed by atoms with Gasteiger partial charge in [0.1, 0.15) is 13.2 Å². The largest absolute Gasteiger partial charge is 0.462 e. The molecule has 0 aliphatic rings. The van der Waals surface area contributed by atoms with Crippen molar-refractivity contribution in [3.63, 3.8) is 0 Å². The maximum absolute atomic E-state index is 12.4. The van der Waals surface area contributed by atoms with E-state index in [1.165, 1.54) is 12.1 Å². The highest BCUT2D eigenvalue weighted by Crippen LogP contribution is 2.24. The number of rotatable bonds is 9. The Morgan fingerprint density at radius 1 is 1.13 bits per heavy atom. The molecule has 30 heavy (non-hydrogen) atoms. The van der Waals surface area contributed by atoms with Crippen molar-refractivity contribution < 1.29 is 32.4 Å². The number of esters is 2. The summed E-state index contributed by atoms with van der Waals surface area (Å²) in [4.78, 5) is 33.4. The van der Waals surface area contributed by atoms with Gasteiger partial charge in [0.2, 0.25) is 10.0 Å². The van der Waals surface area contributed by atoms with E-state index in [1.54, 1.807) is 32.0 Å². The minimum absolute atomic E-state index is 0.196. The zero-order valence-electron chi connectivity index (χ0n) is 16.3. The predicted octanol–water partition coefficient (Wildman–Crippen LogP) is 2.10. The van der Waals surface area contributed by atoms with Crippen LogP contribution in [0.2, 0.25) is 0 Å². The van der Waals surface area contributed by atoms with Gasteiger partial charge in [-0.3, -0.25) is 14.9 Å². The first-order chi connectivity index (χ1) is 14.1. The summed E-state index contributed by atoms with van der Waals surface area (Å²) in [5.74, 6) is -1.41. The lowest BCUT2D eigenvalue weighted by atomic mass is 10.1. The van der Waals surface area contributed by atoms with E-state index in [2.05, 4.69) is 0 Å². The first-order valence-corrected chi connectivity index (χ1v) is 10.3. The van der Waals surface area contributed by atoms with Gasteiger partial charge in [-0.1, -0.05) is 18.2 Å². The predicted molar refractivity (Wildman–Crippen MR) is 105 cm³/mol. The maximum atomic E-state index is 12.4. The standard InChI is InChI=1S/C19H20N2O8S/c1-3-28-19(23)15-6-4-5-14(10-15)12-29-18(22)11-20-30(26,27)17-8-7-13(2)9-16(17)21(24)25/h4-10,20H,3,11-12H2,1-2H3. The summed E-state index contributed by atoms with van der Waals surface area (Å²) >= 11 is 0. The molecule has 0 fully saturated rings. The van der Waals surface area contributed by atoms with Crippen LogP contribution < -0.4 is 4.72 Å². The third kappa shape index (κ3) is 6.09. The van der Waals surface area contributed by atoms with E-state index in [4.69, 9.17) is 9.47 Å². The summed E-state index contributed by atoms with van der Waals surface area (Å²) in [5, 5.41) is 11.1. The molecule has 0 bridgehead atoms. The van der Waals surface area contributed by atoms with Crippen LogP contribution in [0, 0.1) is 17.0 Å². The number of nitro benzene ring substituents is 1. The molecule has 2 rings (SSSR count). The molecular weight excluding hydrogens is 416 g/mol. The normalized spacial score (nSPS) is 11.0. The second-order valence-electron chi connectivity index (χ2n) is 6.13. The average Bonchev–Trinajstić information content (AvgIpc) is 2.71. The number of benzene rings is 2. The molecule has 11 heteroatoms. The van der Waals surface area contributed by atoms with Crippen LogP contribution in [0.1, 0.15) is 28.4 Å². The highest BCUT2D eigenvalue weighted by Gasteiger charge is 2.26. The minimum Gasteiger partial charge on any atom is -0.462 e. The molecule has 0 spiro atoms. The van der Waals surface area contributed by atoms with Gasteiger partial charge in [0.15, 0.2) is 4.90 Å². The Kier molecular flexibility index (Phi) is 7.61. The summed E-state index contributed by atoms with van der Waals surface area (Å²) in [6, 6.07) is 9.89. The number of carbonyl (C=O) groups is 2. The average molecular weight is 436 g/mol. The molecule has 2 aromatic carbocycles. The number of nitrogens with one attached hydrogen (secondary N) is 1. The Balaban J connectivity index is 1.99. The lowest BCUT2D eigenvalue weighted by Gasteiger charge is -2.09. The molecule has 2 aromatic rings. The van der Waals surface area contributed by atoms with Crippen LogP contribution in [0.3, 0.4) is 0 Å². The molecule has 0 unspecified atom stereocenters. The Morgan fingerprint density at radius 2 is 1.87 bits per heavy atom. The molecule has 0 atom stereocenters. The Hall–Kier alpha value is -3.31. The fourth-order valence-corrected chi connectivity index (χ4v) is 3.57. The monoisotopic (exact) mass is 436 g/mol. The summed E-state index contributed by atoms with van der Waals surface area (Å²) in [6.07, 6.45) is 0. The molecule has 1 N–H and O–H groups in total. The van der Waals surface area contributed by atoms with Crippen LogP contribution in [0.15, 0.2) is 47.4 Å². The number of hydrogen-bond donors (Lipinski definition) is 1. The van der Waals surface area contributed by atoms with Crippen molar-refractivity contribution in [2.75, 3.05) is 13.2 Å². The van der Waals surface area contributed by atoms with Crippen LogP contribution in [0.25, 0.3) is 0 Å². The highest BCUT2D eigenvalue weighted by molar-refractivity contribution is 7.89. The van der Waals surface area contributed by atoms with Gasteiger partial charge >= 0.3 is 11.9 Å². The number of nitro groups is 1. The van der Waals surface area contributed by atoms with E-state index in [0.717, 1.165) is 12.1 Å². The first-order valence-electron chi connectivity index (χ1n) is 8.80. The number of ether oxygens (including phenoxy) is 2. The summed E-state index contributed by atoms with van der Waals surface area (Å²) in [6.45, 7) is 2.57. The van der Waals surface area contributed by atoms with Crippen molar-refractivity contribution in [1.82, 2.24) is 4.72 Å². The van der Waals surface area contributed by atoms with E-state index < -0.39 is 44.0 Å². The summed E-state index contributed by atoms with van der Waals surface area (Å²) < 4.78 is 36.6. The molecule has 0 radical (unpaired) electrons. The maximum Gasteiger partial charge on any atom is 0.338 e. The van der Waals surface area contributed by atoms with Gasteiger partial charge in [-0.25, -0.2) is 13.2 Å². The van der Waals surface area contributed by atoms with Crippen LogP contribution in [-0.4, -0.2) is 38.4 Å². The number of hydrogen-bond acceptors (Lipinski definition) is 8. The summed E-state index contributed by atoms with van der Waals surface area (Å²) in [7, 11) is -4.31. The smallest absolute Gasteiger partial charge is 0.338 e. The third-order valence-electron chi connectivity index (χ3n) is 3.85. The lowest BCUT2D eigenvalue weighted by molar-refractivity contribution is -0.387. The number of nitrogens with zero attached hydrogens (tertiary/aromatic N) is 1. The highest BCUT2D eigenvalue weighted by atomic mass is 32.2. The SMILES string of the molecule is CCOC(=O)c1cccc(COC(=O)CNS(=O)(=O)c2ccc(C)cc2[N+](=O)[O-])c1. The van der Waals surface area contributed by atoms with Crippen LogP contribution in [0.5, 0.6) is 0 Å². The lowest BCUT2D eigenvalue weighted by Crippen LogP contribution is -2.31. The van der Waals surface area contributed by atoms with Gasteiger partial charge in [-0.15, -0.1) is 0 Å². The second-order valence-corrected chi connectivity index (χ2v) is 7.87. The molecule has 160 valence electrons. The number of carbonyl (C=O) groups excluding carboxylic acids is 2. The van der Waals surface area contributed by atoms with Crippen molar-refractivity contribution in [2.24, 2.45) is 0 Å². The van der Waals surface area contributed by atoms with E-state index in [0.29, 0.717) is 11.1 Å². The van der Waals surface area contributed by atoms with Crippen molar-refractivity contribution >= 4 is 27.6 Å². The van der Waals surface area contributed by atoms with E-state index >= 15 is 0 Å². The molecule has 0 saturated heterocycles. The molecule has 10 nitrogen and oxygen atoms in total. The molecule has 0 aromatic heterocycles. The molecule has 0 amide bonds. The van der Waals surface area contributed by atoms with Gasteiger partial charge < -0.3 is 9.47 Å². The van der Waals surface area contributed by atoms with Crippen molar-refractivity contribution in [2.45, 2.75) is 25.3 Å². The fourth-order valence-electron chi connectivity index (χ4n) is 2.45. The van der Waals surface area contributed by atoms with Crippen molar-refractivity contribution in [1.29, 1.82) is 0 Å². The molecule has 0 saturated carbocycles. The van der Waals surface area contributed by atoms with E-state index in [9.17, 15) is 28.1 Å². The van der Waals surface area contributed by atoms with Crippen LogP contribution in [0.4, 0.5) is 5.69 Å². The van der Waals surface area contributed by atoms with Crippen LogP contribution >= 0.6 is 0 Å². The Morgan fingerprint density at radius 3 is 2.53 bits per heavy atom. The Labute approximate surface area is 173 Å². The Bertz CT molecular complexity index is 1070. The van der Waals surface area contributed by atoms with Gasteiger partial charge in [0.05, 0.1) is 17.1 Å². The van der Waals surface area contributed by atoms with Crippen molar-refractivity contribution in [3.8, 4) is 0 Å². The van der Waals surface area contributed by atoms with E-state index in [1.807, 2.05) is 4.72 Å². The number of aryl methyl sites for hydroxylation is 1. The van der Waals surface area contributed by atoms with Gasteiger partial charge in [0, 0.05) is 6.07 Å².